The summed E-state index contributed by atoms with van der Waals surface area (Å²) >= 11 is 1.70. The Balaban J connectivity index is 2.45. The molecule has 0 saturated heterocycles. The summed E-state index contributed by atoms with van der Waals surface area (Å²) in [6.07, 6.45) is 2.06. The van der Waals surface area contributed by atoms with E-state index >= 15 is 0 Å². The van der Waals surface area contributed by atoms with Crippen molar-refractivity contribution in [3.63, 3.8) is 0 Å². The number of rotatable bonds is 4. The summed E-state index contributed by atoms with van der Waals surface area (Å²) in [6, 6.07) is 10.3. The van der Waals surface area contributed by atoms with E-state index in [1.807, 2.05) is 12.1 Å². The summed E-state index contributed by atoms with van der Waals surface area (Å²) in [5.41, 5.74) is 10.6. The Morgan fingerprint density at radius 3 is 2.50 bits per heavy atom. The number of hydrogen-bond acceptors (Lipinski definition) is 3. The highest BCUT2D eigenvalue weighted by atomic mass is 32.2. The number of aryl methyl sites for hydroxylation is 2. The molecule has 2 aromatic carbocycles. The topological polar surface area (TPSA) is 35.2 Å². The molecule has 0 atom stereocenters. The van der Waals surface area contributed by atoms with Gasteiger partial charge >= 0.3 is 0 Å². The van der Waals surface area contributed by atoms with Gasteiger partial charge < -0.3 is 10.5 Å². The van der Waals surface area contributed by atoms with Crippen LogP contribution in [0.4, 0.5) is 0 Å². The first-order chi connectivity index (χ1) is 9.56. The fourth-order valence-corrected chi connectivity index (χ4v) is 2.90. The highest BCUT2D eigenvalue weighted by Crippen LogP contribution is 2.34. The van der Waals surface area contributed by atoms with Gasteiger partial charge in [0, 0.05) is 17.0 Å². The molecule has 0 fully saturated rings. The Hall–Kier alpha value is -1.45. The third-order valence-electron chi connectivity index (χ3n) is 3.50. The Kier molecular flexibility index (Phi) is 4.73. The lowest BCUT2D eigenvalue weighted by Crippen LogP contribution is -2.02. The zero-order valence-corrected chi connectivity index (χ0v) is 13.3. The fourth-order valence-electron chi connectivity index (χ4n) is 2.26. The van der Waals surface area contributed by atoms with Gasteiger partial charge in [-0.05, 0) is 61.9 Å². The van der Waals surface area contributed by atoms with Crippen LogP contribution in [0.25, 0.3) is 0 Å². The number of ether oxygens (including phenoxy) is 1. The van der Waals surface area contributed by atoms with Gasteiger partial charge in [-0.2, -0.15) is 0 Å². The van der Waals surface area contributed by atoms with Crippen LogP contribution in [0.5, 0.6) is 11.5 Å². The highest BCUT2D eigenvalue weighted by Gasteiger charge is 2.11. The van der Waals surface area contributed by atoms with Gasteiger partial charge in [-0.1, -0.05) is 12.1 Å². The number of thioether (sulfide) groups is 1. The molecular formula is C17H21NOS. The van der Waals surface area contributed by atoms with Gasteiger partial charge in [0.15, 0.2) is 0 Å². The van der Waals surface area contributed by atoms with Gasteiger partial charge in [0.1, 0.15) is 11.5 Å². The van der Waals surface area contributed by atoms with Crippen LogP contribution in [-0.4, -0.2) is 6.26 Å². The molecule has 106 valence electrons. The lowest BCUT2D eigenvalue weighted by molar-refractivity contribution is 0.470. The summed E-state index contributed by atoms with van der Waals surface area (Å²) < 4.78 is 6.14. The van der Waals surface area contributed by atoms with Crippen molar-refractivity contribution in [2.75, 3.05) is 6.26 Å². The third kappa shape index (κ3) is 3.00. The average Bonchev–Trinajstić information content (AvgIpc) is 2.43. The van der Waals surface area contributed by atoms with E-state index in [-0.39, 0.29) is 0 Å². The number of hydrogen-bond donors (Lipinski definition) is 1. The zero-order chi connectivity index (χ0) is 14.7. The minimum absolute atomic E-state index is 0.482. The predicted molar refractivity (Wildman–Crippen MR) is 86.8 cm³/mol. The second kappa shape index (κ2) is 6.33. The number of nitrogens with two attached hydrogens (primary N) is 1. The van der Waals surface area contributed by atoms with E-state index in [0.29, 0.717) is 6.54 Å². The predicted octanol–water partition coefficient (Wildman–Crippen LogP) is 4.58. The van der Waals surface area contributed by atoms with E-state index < -0.39 is 0 Å². The van der Waals surface area contributed by atoms with Crippen LogP contribution < -0.4 is 10.5 Å². The van der Waals surface area contributed by atoms with Crippen LogP contribution in [0.2, 0.25) is 0 Å². The maximum absolute atomic E-state index is 6.14. The van der Waals surface area contributed by atoms with Crippen molar-refractivity contribution in [1.29, 1.82) is 0 Å². The van der Waals surface area contributed by atoms with Crippen molar-refractivity contribution in [2.45, 2.75) is 32.2 Å². The van der Waals surface area contributed by atoms with Crippen LogP contribution in [-0.2, 0) is 6.54 Å². The fraction of sp³-hybridized carbons (Fsp3) is 0.294. The molecule has 0 unspecified atom stereocenters. The smallest absolute Gasteiger partial charge is 0.133 e. The number of benzene rings is 2. The molecule has 0 spiro atoms. The summed E-state index contributed by atoms with van der Waals surface area (Å²) in [5, 5.41) is 0. The molecule has 20 heavy (non-hydrogen) atoms. The molecule has 0 aromatic heterocycles. The van der Waals surface area contributed by atoms with E-state index in [2.05, 4.69) is 45.2 Å². The third-order valence-corrected chi connectivity index (χ3v) is 4.32. The van der Waals surface area contributed by atoms with Crippen molar-refractivity contribution in [3.8, 4) is 11.5 Å². The molecule has 0 bridgehead atoms. The van der Waals surface area contributed by atoms with Gasteiger partial charge in [0.25, 0.3) is 0 Å². The van der Waals surface area contributed by atoms with Crippen LogP contribution in [0.15, 0.2) is 35.2 Å². The molecule has 0 radical (unpaired) electrons. The van der Waals surface area contributed by atoms with Gasteiger partial charge in [-0.15, -0.1) is 11.8 Å². The van der Waals surface area contributed by atoms with Crippen molar-refractivity contribution < 1.29 is 4.74 Å². The lowest BCUT2D eigenvalue weighted by atomic mass is 10.1. The molecule has 2 N–H and O–H groups in total. The van der Waals surface area contributed by atoms with E-state index in [1.165, 1.54) is 21.6 Å². The largest absolute Gasteiger partial charge is 0.457 e. The van der Waals surface area contributed by atoms with Gasteiger partial charge in [0.2, 0.25) is 0 Å². The summed E-state index contributed by atoms with van der Waals surface area (Å²) in [7, 11) is 0. The standard InChI is InChI=1S/C17H21NOS/c1-11-8-12(2)13(3)16(9-11)19-15-6-5-7-17(20-4)14(15)10-18/h5-9H,10,18H2,1-4H3. The lowest BCUT2D eigenvalue weighted by Gasteiger charge is -2.16. The SMILES string of the molecule is CSc1cccc(Oc2cc(C)cc(C)c2C)c1CN. The molecule has 2 nitrogen and oxygen atoms in total. The maximum Gasteiger partial charge on any atom is 0.133 e. The Bertz CT molecular complexity index is 623. The second-order valence-corrected chi connectivity index (χ2v) is 5.80. The van der Waals surface area contributed by atoms with Gasteiger partial charge in [-0.3, -0.25) is 0 Å². The molecule has 2 aromatic rings. The van der Waals surface area contributed by atoms with E-state index in [4.69, 9.17) is 10.5 Å². The summed E-state index contributed by atoms with van der Waals surface area (Å²) in [5.74, 6) is 1.77. The second-order valence-electron chi connectivity index (χ2n) is 4.95. The Labute approximate surface area is 125 Å². The van der Waals surface area contributed by atoms with E-state index in [0.717, 1.165) is 17.1 Å². The molecule has 0 aliphatic rings. The minimum atomic E-state index is 0.482. The van der Waals surface area contributed by atoms with Crippen molar-refractivity contribution >= 4 is 11.8 Å². The molecule has 0 saturated carbocycles. The minimum Gasteiger partial charge on any atom is -0.457 e. The van der Waals surface area contributed by atoms with Crippen LogP contribution in [0.1, 0.15) is 22.3 Å². The molecule has 0 aliphatic heterocycles. The molecule has 0 heterocycles. The quantitative estimate of drug-likeness (QED) is 0.836. The van der Waals surface area contributed by atoms with Gasteiger partial charge in [0.05, 0.1) is 0 Å². The first-order valence-electron chi connectivity index (χ1n) is 6.68. The van der Waals surface area contributed by atoms with Gasteiger partial charge in [-0.25, -0.2) is 0 Å². The van der Waals surface area contributed by atoms with Crippen molar-refractivity contribution in [3.05, 3.63) is 52.6 Å². The van der Waals surface area contributed by atoms with Crippen LogP contribution in [0.3, 0.4) is 0 Å². The molecule has 3 heteroatoms. The van der Waals surface area contributed by atoms with Crippen LogP contribution >= 0.6 is 11.8 Å². The average molecular weight is 287 g/mol. The molecule has 2 rings (SSSR count). The first kappa shape index (κ1) is 14.9. The summed E-state index contributed by atoms with van der Waals surface area (Å²) in [6.45, 7) is 6.76. The van der Waals surface area contributed by atoms with Crippen molar-refractivity contribution in [2.24, 2.45) is 5.73 Å². The highest BCUT2D eigenvalue weighted by molar-refractivity contribution is 7.98. The van der Waals surface area contributed by atoms with Crippen molar-refractivity contribution in [1.82, 2.24) is 0 Å². The first-order valence-corrected chi connectivity index (χ1v) is 7.91. The Morgan fingerprint density at radius 2 is 1.85 bits per heavy atom. The zero-order valence-electron chi connectivity index (χ0n) is 12.5. The molecule has 0 amide bonds. The maximum atomic E-state index is 6.14. The molecular weight excluding hydrogens is 266 g/mol. The summed E-state index contributed by atoms with van der Waals surface area (Å²) in [4.78, 5) is 1.17. The van der Waals surface area contributed by atoms with Crippen LogP contribution in [0, 0.1) is 20.8 Å². The monoisotopic (exact) mass is 287 g/mol. The van der Waals surface area contributed by atoms with E-state index in [9.17, 15) is 0 Å². The normalized spacial score (nSPS) is 10.7. The van der Waals surface area contributed by atoms with E-state index in [1.54, 1.807) is 11.8 Å². The molecule has 0 aliphatic carbocycles. The Morgan fingerprint density at radius 1 is 1.10 bits per heavy atom.